The highest BCUT2D eigenvalue weighted by Crippen LogP contribution is 2.64. The molecular weight excluding hydrogens is 701 g/mol. The van der Waals surface area contributed by atoms with Crippen molar-refractivity contribution in [1.82, 2.24) is 9.91 Å². The summed E-state index contributed by atoms with van der Waals surface area (Å²) in [5.41, 5.74) is 5.41. The van der Waals surface area contributed by atoms with Crippen LogP contribution in [0.15, 0.2) is 103 Å². The molecule has 6 atom stereocenters. The third kappa shape index (κ3) is 5.12. The number of fused-ring (bicyclic) bond motifs is 4. The van der Waals surface area contributed by atoms with Gasteiger partial charge in [-0.2, -0.15) is 5.01 Å². The first-order chi connectivity index (χ1) is 25.0. The number of amides is 4. The summed E-state index contributed by atoms with van der Waals surface area (Å²) in [6.07, 6.45) is 2.48. The van der Waals surface area contributed by atoms with Crippen LogP contribution in [0, 0.1) is 30.6 Å². The van der Waals surface area contributed by atoms with Gasteiger partial charge in [0, 0.05) is 10.9 Å². The molecule has 4 aromatic carbocycles. The molecule has 264 valence electrons. The summed E-state index contributed by atoms with van der Waals surface area (Å²) in [7, 11) is 1.55. The molecule has 52 heavy (non-hydrogen) atoms. The number of rotatable bonds is 7. The number of carbonyl (C=O) groups excluding carboxylic acids is 4. The number of hydrogen-bond donors (Lipinski definition) is 2. The maximum Gasteiger partial charge on any atom is 0.260 e. The van der Waals surface area contributed by atoms with Gasteiger partial charge in [-0.25, -0.2) is 0 Å². The number of halogens is 2. The Morgan fingerprint density at radius 2 is 1.63 bits per heavy atom. The first kappa shape index (κ1) is 34.0. The van der Waals surface area contributed by atoms with Crippen LogP contribution in [0.3, 0.4) is 0 Å². The number of anilines is 1. The Hall–Kier alpha value is -5.12. The van der Waals surface area contributed by atoms with Gasteiger partial charge in [-0.05, 0) is 84.3 Å². The quantitative estimate of drug-likeness (QED) is 0.152. The summed E-state index contributed by atoms with van der Waals surface area (Å²) in [6, 6.07) is 26.5. The maximum absolute atomic E-state index is 15.4. The van der Waals surface area contributed by atoms with Crippen LogP contribution >= 0.6 is 23.2 Å². The van der Waals surface area contributed by atoms with E-state index in [0.717, 1.165) is 16.1 Å². The number of benzene rings is 4. The van der Waals surface area contributed by atoms with Crippen LogP contribution in [0.25, 0.3) is 0 Å². The first-order valence-electron chi connectivity index (χ1n) is 17.2. The van der Waals surface area contributed by atoms with E-state index in [1.807, 2.05) is 54.6 Å². The molecule has 8 rings (SSSR count). The van der Waals surface area contributed by atoms with Gasteiger partial charge in [0.25, 0.3) is 11.8 Å². The number of imide groups is 2. The molecule has 0 aromatic heterocycles. The van der Waals surface area contributed by atoms with Crippen LogP contribution in [-0.2, 0) is 31.1 Å². The summed E-state index contributed by atoms with van der Waals surface area (Å²) >= 11 is 12.7. The van der Waals surface area contributed by atoms with Crippen LogP contribution in [-0.4, -0.2) is 45.8 Å². The second-order valence-corrected chi connectivity index (χ2v) is 14.8. The number of carbonyl (C=O) groups is 4. The lowest BCUT2D eigenvalue weighted by molar-refractivity contribution is -0.142. The van der Waals surface area contributed by atoms with Gasteiger partial charge in [-0.15, -0.1) is 0 Å². The van der Waals surface area contributed by atoms with E-state index in [4.69, 9.17) is 27.9 Å². The molecule has 4 aliphatic rings. The SMILES string of the molecule is COc1ccc(C23C(=O)N(Nc4ccc(Cl)cc4Cl)C(=O)C2CC2C(=CCC4C(=O)N(Cc5ccccc5)C(=O)C42)C3c2ccc(O)c(C)c2)cc1. The minimum atomic E-state index is -1.48. The van der Waals surface area contributed by atoms with Crippen molar-refractivity contribution in [3.63, 3.8) is 0 Å². The third-order valence-electron chi connectivity index (χ3n) is 11.4. The summed E-state index contributed by atoms with van der Waals surface area (Å²) in [5.74, 6) is -4.29. The van der Waals surface area contributed by atoms with Crippen molar-refractivity contribution in [2.45, 2.75) is 37.6 Å². The molecule has 2 N–H and O–H groups in total. The summed E-state index contributed by atoms with van der Waals surface area (Å²) in [4.78, 5) is 59.9. The van der Waals surface area contributed by atoms with Gasteiger partial charge in [0.1, 0.15) is 11.5 Å². The van der Waals surface area contributed by atoms with Gasteiger partial charge in [0.05, 0.1) is 47.5 Å². The fraction of sp³-hybridized carbons (Fsp3) is 0.268. The number of methoxy groups -OCH3 is 1. The van der Waals surface area contributed by atoms with E-state index in [9.17, 15) is 19.5 Å². The van der Waals surface area contributed by atoms with E-state index in [2.05, 4.69) is 5.43 Å². The predicted molar refractivity (Wildman–Crippen MR) is 195 cm³/mol. The van der Waals surface area contributed by atoms with E-state index in [1.54, 1.807) is 50.4 Å². The molecule has 6 unspecified atom stereocenters. The number of phenols is 1. The Morgan fingerprint density at radius 3 is 2.33 bits per heavy atom. The van der Waals surface area contributed by atoms with E-state index in [1.165, 1.54) is 11.0 Å². The Labute approximate surface area is 310 Å². The van der Waals surface area contributed by atoms with Gasteiger partial charge >= 0.3 is 0 Å². The van der Waals surface area contributed by atoms with Gasteiger partial charge < -0.3 is 9.84 Å². The minimum absolute atomic E-state index is 0.0893. The number of aromatic hydroxyl groups is 1. The molecule has 4 aromatic rings. The highest BCUT2D eigenvalue weighted by atomic mass is 35.5. The lowest BCUT2D eigenvalue weighted by Gasteiger charge is -2.50. The van der Waals surface area contributed by atoms with Crippen molar-refractivity contribution in [2.24, 2.45) is 23.7 Å². The number of hydrazine groups is 1. The van der Waals surface area contributed by atoms with Gasteiger partial charge in [-0.3, -0.25) is 29.5 Å². The molecule has 2 aliphatic heterocycles. The monoisotopic (exact) mass is 735 g/mol. The van der Waals surface area contributed by atoms with Gasteiger partial charge in [0.2, 0.25) is 11.8 Å². The molecule has 9 nitrogen and oxygen atoms in total. The van der Waals surface area contributed by atoms with Crippen molar-refractivity contribution in [3.8, 4) is 11.5 Å². The summed E-state index contributed by atoms with van der Waals surface area (Å²) in [6.45, 7) is 1.94. The summed E-state index contributed by atoms with van der Waals surface area (Å²) in [5, 5.41) is 12.3. The number of aryl methyl sites for hydroxylation is 1. The van der Waals surface area contributed by atoms with E-state index >= 15 is 4.79 Å². The van der Waals surface area contributed by atoms with Crippen molar-refractivity contribution in [2.75, 3.05) is 12.5 Å². The maximum atomic E-state index is 15.4. The van der Waals surface area contributed by atoms with E-state index in [0.29, 0.717) is 39.6 Å². The molecule has 0 radical (unpaired) electrons. The largest absolute Gasteiger partial charge is 0.508 e. The fourth-order valence-corrected chi connectivity index (χ4v) is 9.51. The molecule has 0 spiro atoms. The number of likely N-dealkylation sites (tertiary alicyclic amines) is 1. The van der Waals surface area contributed by atoms with Crippen molar-refractivity contribution < 1.29 is 29.0 Å². The highest BCUT2D eigenvalue weighted by molar-refractivity contribution is 6.36. The molecule has 11 heteroatoms. The lowest BCUT2D eigenvalue weighted by Crippen LogP contribution is -2.53. The number of allylic oxidation sites excluding steroid dienone is 2. The third-order valence-corrected chi connectivity index (χ3v) is 12.0. The first-order valence-corrected chi connectivity index (χ1v) is 17.9. The average molecular weight is 737 g/mol. The fourth-order valence-electron chi connectivity index (χ4n) is 9.06. The zero-order valence-electron chi connectivity index (χ0n) is 28.4. The van der Waals surface area contributed by atoms with Crippen LogP contribution in [0.1, 0.15) is 41.0 Å². The molecular formula is C41H35Cl2N3O6. The number of ether oxygens (including phenoxy) is 1. The topological polar surface area (TPSA) is 116 Å². The van der Waals surface area contributed by atoms with Crippen LogP contribution in [0.2, 0.25) is 10.0 Å². The molecule has 4 amide bonds. The van der Waals surface area contributed by atoms with Gasteiger partial charge in [-0.1, -0.05) is 89.4 Å². The van der Waals surface area contributed by atoms with Crippen LogP contribution in [0.4, 0.5) is 5.69 Å². The number of nitrogens with zero attached hydrogens (tertiary/aromatic N) is 2. The smallest absolute Gasteiger partial charge is 0.260 e. The molecule has 2 saturated heterocycles. The van der Waals surface area contributed by atoms with E-state index in [-0.39, 0.29) is 35.6 Å². The molecule has 2 heterocycles. The normalized spacial score (nSPS) is 26.5. The summed E-state index contributed by atoms with van der Waals surface area (Å²) < 4.78 is 5.47. The second kappa shape index (κ2) is 12.8. The molecule has 2 aliphatic carbocycles. The molecule has 0 bridgehead atoms. The van der Waals surface area contributed by atoms with Crippen molar-refractivity contribution in [1.29, 1.82) is 0 Å². The number of nitrogens with one attached hydrogen (secondary N) is 1. The highest BCUT2D eigenvalue weighted by Gasteiger charge is 2.70. The minimum Gasteiger partial charge on any atom is -0.508 e. The van der Waals surface area contributed by atoms with Gasteiger partial charge in [0.15, 0.2) is 0 Å². The lowest BCUT2D eigenvalue weighted by atomic mass is 9.49. The van der Waals surface area contributed by atoms with Crippen molar-refractivity contribution in [3.05, 3.63) is 135 Å². The predicted octanol–water partition coefficient (Wildman–Crippen LogP) is 7.20. The van der Waals surface area contributed by atoms with Crippen LogP contribution in [0.5, 0.6) is 11.5 Å². The number of hydrogen-bond acceptors (Lipinski definition) is 7. The zero-order valence-corrected chi connectivity index (χ0v) is 29.9. The number of phenolic OH excluding ortho intramolecular Hbond substituents is 1. The zero-order chi connectivity index (χ0) is 36.5. The second-order valence-electron chi connectivity index (χ2n) is 14.0. The Balaban J connectivity index is 1.31. The Bertz CT molecular complexity index is 2170. The Morgan fingerprint density at radius 1 is 0.885 bits per heavy atom. The standard InChI is InChI=1S/C41H35Cl2N3O6/c1-22-18-24(8-17-34(22)47)36-28-14-15-29-35(39(50)45(37(29)48)21-23-6-4-3-5-7-23)30(28)20-31-38(49)46(44-33-16-11-26(42)19-32(33)43)40(51)41(31,36)25-9-12-27(52-2)13-10-25/h3-14,16-19,29-31,35-36,44,47H,15,20-21H2,1-2H3. The van der Waals surface area contributed by atoms with Crippen molar-refractivity contribution >= 4 is 52.5 Å². The molecule has 1 saturated carbocycles. The van der Waals surface area contributed by atoms with Crippen LogP contribution < -0.4 is 10.2 Å². The average Bonchev–Trinajstić information content (AvgIpc) is 3.51. The Kier molecular flexibility index (Phi) is 8.38. The molecule has 3 fully saturated rings. The van der Waals surface area contributed by atoms with E-state index < -0.39 is 46.8 Å².